The smallest absolute Gasteiger partial charge is 0.233 e. The van der Waals surface area contributed by atoms with Crippen molar-refractivity contribution in [3.05, 3.63) is 70.5 Å². The van der Waals surface area contributed by atoms with Gasteiger partial charge in [-0.05, 0) is 42.5 Å². The summed E-state index contributed by atoms with van der Waals surface area (Å²) in [6, 6.07) is 18.9. The highest BCUT2D eigenvalue weighted by atomic mass is 35.5. The Labute approximate surface area is 148 Å². The zero-order valence-electron chi connectivity index (χ0n) is 12.4. The zero-order chi connectivity index (χ0) is 16.7. The number of hydrogen-bond acceptors (Lipinski definition) is 4. The van der Waals surface area contributed by atoms with E-state index in [4.69, 9.17) is 34.0 Å². The first-order chi connectivity index (χ1) is 11.6. The highest BCUT2D eigenvalue weighted by molar-refractivity contribution is 7.71. The largest absolute Gasteiger partial charge is 0.437 e. The molecule has 2 aromatic heterocycles. The molecule has 0 atom stereocenters. The zero-order valence-corrected chi connectivity index (χ0v) is 14.0. The van der Waals surface area contributed by atoms with Gasteiger partial charge in [-0.15, -0.1) is 0 Å². The van der Waals surface area contributed by atoms with Gasteiger partial charge in [-0.2, -0.15) is 4.98 Å². The number of furan rings is 1. The van der Waals surface area contributed by atoms with Crippen LogP contribution in [0.2, 0.25) is 5.02 Å². The van der Waals surface area contributed by atoms with E-state index in [1.54, 1.807) is 16.7 Å². The minimum Gasteiger partial charge on any atom is -0.437 e. The highest BCUT2D eigenvalue weighted by Gasteiger charge is 2.14. The molecule has 0 aliphatic carbocycles. The number of fused-ring (bicyclic) bond motifs is 1. The van der Waals surface area contributed by atoms with E-state index >= 15 is 0 Å². The van der Waals surface area contributed by atoms with E-state index in [-0.39, 0.29) is 0 Å². The van der Waals surface area contributed by atoms with E-state index in [1.807, 2.05) is 48.5 Å². The Morgan fingerprint density at radius 2 is 1.75 bits per heavy atom. The molecule has 24 heavy (non-hydrogen) atoms. The second-order valence-electron chi connectivity index (χ2n) is 5.29. The van der Waals surface area contributed by atoms with Gasteiger partial charge < -0.3 is 10.2 Å². The predicted octanol–water partition coefficient (Wildman–Crippen LogP) is 5.25. The van der Waals surface area contributed by atoms with Crippen LogP contribution in [-0.2, 0) is 0 Å². The average molecular weight is 354 g/mol. The lowest BCUT2D eigenvalue weighted by Crippen LogP contribution is -2.06. The summed E-state index contributed by atoms with van der Waals surface area (Å²) in [5.74, 6) is 1.19. The van der Waals surface area contributed by atoms with Crippen molar-refractivity contribution in [2.45, 2.75) is 0 Å². The summed E-state index contributed by atoms with van der Waals surface area (Å²) >= 11 is 11.3. The number of aromatic nitrogens is 2. The Kier molecular flexibility index (Phi) is 3.59. The number of rotatable bonds is 2. The monoisotopic (exact) mass is 353 g/mol. The maximum atomic E-state index is 6.34. The van der Waals surface area contributed by atoms with Crippen LogP contribution in [0, 0.1) is 4.77 Å². The molecule has 0 amide bonds. The fraction of sp³-hybridized carbons (Fsp3) is 0. The number of hydrogen-bond donors (Lipinski definition) is 1. The summed E-state index contributed by atoms with van der Waals surface area (Å²) in [7, 11) is 0. The molecule has 0 bridgehead atoms. The molecule has 0 radical (unpaired) electrons. The van der Waals surface area contributed by atoms with Crippen molar-refractivity contribution in [1.29, 1.82) is 0 Å². The molecule has 0 fully saturated rings. The van der Waals surface area contributed by atoms with Crippen LogP contribution in [0.4, 0.5) is 5.82 Å². The first-order valence-corrected chi connectivity index (χ1v) is 8.05. The van der Waals surface area contributed by atoms with E-state index in [0.717, 1.165) is 16.6 Å². The molecule has 4 rings (SSSR count). The Hall–Kier alpha value is -2.63. The first-order valence-electron chi connectivity index (χ1n) is 7.27. The molecular formula is C18H12ClN3OS. The Balaban J connectivity index is 1.94. The highest BCUT2D eigenvalue weighted by Crippen LogP contribution is 2.31. The van der Waals surface area contributed by atoms with Gasteiger partial charge >= 0.3 is 0 Å². The van der Waals surface area contributed by atoms with Gasteiger partial charge in [0.2, 0.25) is 10.5 Å². The SMILES string of the molecule is Nc1c2cc(-c3ccccc3)oc2nc(=S)n1-c1ccc(Cl)cc1. The number of anilines is 1. The number of nitrogen functional groups attached to an aromatic ring is 1. The quantitative estimate of drug-likeness (QED) is 0.500. The molecular weight excluding hydrogens is 342 g/mol. The van der Waals surface area contributed by atoms with Crippen LogP contribution in [-0.4, -0.2) is 9.55 Å². The Morgan fingerprint density at radius 1 is 1.04 bits per heavy atom. The van der Waals surface area contributed by atoms with E-state index < -0.39 is 0 Å². The van der Waals surface area contributed by atoms with E-state index in [0.29, 0.717) is 27.1 Å². The molecule has 0 saturated carbocycles. The van der Waals surface area contributed by atoms with Gasteiger partial charge in [0, 0.05) is 16.3 Å². The Bertz CT molecular complexity index is 1090. The molecule has 2 heterocycles. The predicted molar refractivity (Wildman–Crippen MR) is 99.0 cm³/mol. The minimum absolute atomic E-state index is 0.330. The second-order valence-corrected chi connectivity index (χ2v) is 6.09. The van der Waals surface area contributed by atoms with E-state index in [1.165, 1.54) is 0 Å². The maximum absolute atomic E-state index is 6.34. The van der Waals surface area contributed by atoms with Gasteiger partial charge in [-0.1, -0.05) is 41.9 Å². The van der Waals surface area contributed by atoms with Crippen molar-refractivity contribution in [2.75, 3.05) is 5.73 Å². The van der Waals surface area contributed by atoms with E-state index in [9.17, 15) is 0 Å². The third-order valence-electron chi connectivity index (χ3n) is 3.76. The van der Waals surface area contributed by atoms with Gasteiger partial charge in [-0.3, -0.25) is 4.57 Å². The maximum Gasteiger partial charge on any atom is 0.233 e. The van der Waals surface area contributed by atoms with Gasteiger partial charge in [0.05, 0.1) is 5.39 Å². The molecule has 0 spiro atoms. The molecule has 0 aliphatic heterocycles. The van der Waals surface area contributed by atoms with Crippen LogP contribution in [0.25, 0.3) is 28.1 Å². The standard InChI is InChI=1S/C18H12ClN3OS/c19-12-6-8-13(9-7-12)22-16(20)14-10-15(11-4-2-1-3-5-11)23-17(14)21-18(22)24/h1-10H,20H2. The van der Waals surface area contributed by atoms with Crippen LogP contribution < -0.4 is 5.73 Å². The van der Waals surface area contributed by atoms with Crippen LogP contribution >= 0.6 is 23.8 Å². The molecule has 0 aliphatic rings. The summed E-state index contributed by atoms with van der Waals surface area (Å²) in [5.41, 5.74) is 8.54. The Morgan fingerprint density at radius 3 is 2.46 bits per heavy atom. The van der Waals surface area contributed by atoms with Crippen LogP contribution in [0.1, 0.15) is 0 Å². The first kappa shape index (κ1) is 14.9. The fourth-order valence-corrected chi connectivity index (χ4v) is 3.01. The average Bonchev–Trinajstić information content (AvgIpc) is 3.02. The van der Waals surface area contributed by atoms with Crippen LogP contribution in [0.15, 0.2) is 65.1 Å². The topological polar surface area (TPSA) is 57.0 Å². The molecule has 118 valence electrons. The minimum atomic E-state index is 0.330. The third kappa shape index (κ3) is 2.48. The van der Waals surface area contributed by atoms with Gasteiger partial charge in [-0.25, -0.2) is 0 Å². The summed E-state index contributed by atoms with van der Waals surface area (Å²) in [6.07, 6.45) is 0. The van der Waals surface area contributed by atoms with Crippen LogP contribution in [0.5, 0.6) is 0 Å². The van der Waals surface area contributed by atoms with E-state index in [2.05, 4.69) is 4.98 Å². The number of nitrogens with two attached hydrogens (primary N) is 1. The summed E-state index contributed by atoms with van der Waals surface area (Å²) in [4.78, 5) is 4.38. The normalized spacial score (nSPS) is 11.0. The van der Waals surface area contributed by atoms with Crippen molar-refractivity contribution in [3.63, 3.8) is 0 Å². The lowest BCUT2D eigenvalue weighted by atomic mass is 10.2. The molecule has 4 nitrogen and oxygen atoms in total. The van der Waals surface area contributed by atoms with Crippen LogP contribution in [0.3, 0.4) is 0 Å². The summed E-state index contributed by atoms with van der Waals surface area (Å²) in [5, 5.41) is 1.37. The molecule has 0 saturated heterocycles. The lowest BCUT2D eigenvalue weighted by molar-refractivity contribution is 0.616. The van der Waals surface area contributed by atoms with Crippen molar-refractivity contribution in [1.82, 2.24) is 9.55 Å². The van der Waals surface area contributed by atoms with Crippen molar-refractivity contribution < 1.29 is 4.42 Å². The number of halogens is 1. The van der Waals surface area contributed by atoms with Gasteiger partial charge in [0.25, 0.3) is 0 Å². The van der Waals surface area contributed by atoms with Crippen molar-refractivity contribution in [2.24, 2.45) is 0 Å². The van der Waals surface area contributed by atoms with Gasteiger partial charge in [0.15, 0.2) is 0 Å². The summed E-state index contributed by atoms with van der Waals surface area (Å²) < 4.78 is 7.87. The molecule has 0 unspecified atom stereocenters. The van der Waals surface area contributed by atoms with Crippen molar-refractivity contribution in [3.8, 4) is 17.0 Å². The van der Waals surface area contributed by atoms with Crippen molar-refractivity contribution >= 4 is 40.7 Å². The number of nitrogens with zero attached hydrogens (tertiary/aromatic N) is 2. The lowest BCUT2D eigenvalue weighted by Gasteiger charge is -2.10. The number of benzene rings is 2. The fourth-order valence-electron chi connectivity index (χ4n) is 2.59. The summed E-state index contributed by atoms with van der Waals surface area (Å²) in [6.45, 7) is 0. The molecule has 2 N–H and O–H groups in total. The molecule has 2 aromatic carbocycles. The molecule has 6 heteroatoms. The molecule has 4 aromatic rings. The third-order valence-corrected chi connectivity index (χ3v) is 4.29. The van der Waals surface area contributed by atoms with Gasteiger partial charge in [0.1, 0.15) is 11.6 Å². The second kappa shape index (κ2) is 5.78.